The second kappa shape index (κ2) is 8.05. The second-order valence-electron chi connectivity index (χ2n) is 6.93. The van der Waals surface area contributed by atoms with Crippen LogP contribution < -0.4 is 0 Å². The molecule has 2 aromatic carbocycles. The molecule has 2 rings (SSSR count). The summed E-state index contributed by atoms with van der Waals surface area (Å²) >= 11 is 0. The van der Waals surface area contributed by atoms with Crippen molar-refractivity contribution in [2.45, 2.75) is 52.6 Å². The number of nitrogens with zero attached hydrogens (tertiary/aromatic N) is 1. The summed E-state index contributed by atoms with van der Waals surface area (Å²) in [4.78, 5) is 2.34. The summed E-state index contributed by atoms with van der Waals surface area (Å²) in [7, 11) is 0. The fourth-order valence-electron chi connectivity index (χ4n) is 3.10. The molecule has 2 nitrogen and oxygen atoms in total. The van der Waals surface area contributed by atoms with E-state index in [0.29, 0.717) is 17.8 Å². The second-order valence-corrected chi connectivity index (χ2v) is 6.93. The number of phenols is 1. The van der Waals surface area contributed by atoms with Crippen LogP contribution in [0.1, 0.15) is 50.3 Å². The molecule has 0 heterocycles. The summed E-state index contributed by atoms with van der Waals surface area (Å²) in [6.07, 6.45) is 4.37. The van der Waals surface area contributed by atoms with Crippen LogP contribution in [0, 0.1) is 6.92 Å². The van der Waals surface area contributed by atoms with E-state index in [0.717, 1.165) is 11.1 Å². The van der Waals surface area contributed by atoms with Crippen LogP contribution in [-0.4, -0.2) is 22.1 Å². The van der Waals surface area contributed by atoms with Crippen LogP contribution in [0.15, 0.2) is 60.8 Å². The van der Waals surface area contributed by atoms with Gasteiger partial charge in [-0.1, -0.05) is 54.1 Å². The maximum absolute atomic E-state index is 10.4. The third kappa shape index (κ3) is 4.41. The van der Waals surface area contributed by atoms with E-state index in [1.807, 2.05) is 24.3 Å². The third-order valence-corrected chi connectivity index (χ3v) is 4.32. The molecular formula is C22H29NO. The van der Waals surface area contributed by atoms with Crippen molar-refractivity contribution in [1.82, 2.24) is 4.90 Å². The van der Waals surface area contributed by atoms with E-state index in [-0.39, 0.29) is 5.92 Å². The maximum atomic E-state index is 10.4. The minimum atomic E-state index is 0.0334. The predicted octanol–water partition coefficient (Wildman–Crippen LogP) is 5.47. The Balaban J connectivity index is 2.46. The molecule has 1 atom stereocenters. The first-order chi connectivity index (χ1) is 11.4. The van der Waals surface area contributed by atoms with E-state index in [2.05, 4.69) is 70.0 Å². The van der Waals surface area contributed by atoms with Crippen molar-refractivity contribution in [3.63, 3.8) is 0 Å². The van der Waals surface area contributed by atoms with Gasteiger partial charge in [0.2, 0.25) is 0 Å². The highest BCUT2D eigenvalue weighted by Crippen LogP contribution is 2.33. The minimum absolute atomic E-state index is 0.0334. The largest absolute Gasteiger partial charge is 0.508 e. The molecule has 128 valence electrons. The fourth-order valence-corrected chi connectivity index (χ4v) is 3.10. The van der Waals surface area contributed by atoms with Gasteiger partial charge in [0.25, 0.3) is 0 Å². The van der Waals surface area contributed by atoms with Gasteiger partial charge in [0, 0.05) is 23.6 Å². The number of rotatable bonds is 6. The molecule has 0 fully saturated rings. The molecule has 0 aliphatic rings. The van der Waals surface area contributed by atoms with E-state index < -0.39 is 0 Å². The number of aromatic hydroxyl groups is 1. The number of hydrogen-bond acceptors (Lipinski definition) is 2. The number of phenolic OH excluding ortho intramolecular Hbond substituents is 1. The van der Waals surface area contributed by atoms with Gasteiger partial charge in [-0.2, -0.15) is 0 Å². The first kappa shape index (κ1) is 18.1. The highest BCUT2D eigenvalue weighted by Gasteiger charge is 2.16. The number of hydrogen-bond donors (Lipinski definition) is 1. The molecule has 0 saturated heterocycles. The monoisotopic (exact) mass is 323 g/mol. The van der Waals surface area contributed by atoms with Crippen LogP contribution in [0.25, 0.3) is 0 Å². The Labute approximate surface area is 146 Å². The van der Waals surface area contributed by atoms with Gasteiger partial charge in [0.1, 0.15) is 5.75 Å². The van der Waals surface area contributed by atoms with Crippen LogP contribution in [0.2, 0.25) is 0 Å². The third-order valence-electron chi connectivity index (χ3n) is 4.32. The summed E-state index contributed by atoms with van der Waals surface area (Å²) in [6, 6.07) is 17.0. The van der Waals surface area contributed by atoms with Gasteiger partial charge < -0.3 is 10.0 Å². The van der Waals surface area contributed by atoms with Gasteiger partial charge in [-0.3, -0.25) is 0 Å². The molecule has 2 heteroatoms. The molecule has 0 saturated carbocycles. The van der Waals surface area contributed by atoms with Crippen molar-refractivity contribution in [2.24, 2.45) is 0 Å². The normalized spacial score (nSPS) is 13.0. The summed E-state index contributed by atoms with van der Waals surface area (Å²) < 4.78 is 0. The van der Waals surface area contributed by atoms with Crippen molar-refractivity contribution in [2.75, 3.05) is 0 Å². The molecule has 0 spiro atoms. The van der Waals surface area contributed by atoms with Crippen LogP contribution in [0.4, 0.5) is 0 Å². The Kier molecular flexibility index (Phi) is 6.08. The molecule has 2 aromatic rings. The van der Waals surface area contributed by atoms with E-state index >= 15 is 0 Å². The summed E-state index contributed by atoms with van der Waals surface area (Å²) in [5.74, 6) is 0.380. The van der Waals surface area contributed by atoms with E-state index in [4.69, 9.17) is 0 Å². The first-order valence-corrected chi connectivity index (χ1v) is 8.70. The number of aryl methyl sites for hydroxylation is 1. The molecule has 0 amide bonds. The molecule has 1 unspecified atom stereocenters. The number of benzene rings is 2. The van der Waals surface area contributed by atoms with E-state index in [1.165, 1.54) is 5.56 Å². The Morgan fingerprint density at radius 3 is 2.12 bits per heavy atom. The van der Waals surface area contributed by atoms with E-state index in [9.17, 15) is 5.11 Å². The van der Waals surface area contributed by atoms with Crippen molar-refractivity contribution in [1.29, 1.82) is 0 Å². The topological polar surface area (TPSA) is 23.5 Å². The highest BCUT2D eigenvalue weighted by molar-refractivity contribution is 5.46. The fraction of sp³-hybridized carbons (Fsp3) is 0.364. The van der Waals surface area contributed by atoms with Gasteiger partial charge in [0.05, 0.1) is 0 Å². The average molecular weight is 323 g/mol. The molecule has 1 N–H and O–H groups in total. The lowest BCUT2D eigenvalue weighted by Crippen LogP contribution is -2.32. The zero-order valence-electron chi connectivity index (χ0n) is 15.4. The highest BCUT2D eigenvalue weighted by atomic mass is 16.3. The summed E-state index contributed by atoms with van der Waals surface area (Å²) in [5, 5.41) is 10.4. The molecule has 0 aromatic heterocycles. The van der Waals surface area contributed by atoms with Gasteiger partial charge in [-0.15, -0.1) is 0 Å². The van der Waals surface area contributed by atoms with Gasteiger partial charge >= 0.3 is 0 Å². The molecule has 0 radical (unpaired) electrons. The first-order valence-electron chi connectivity index (χ1n) is 8.70. The Morgan fingerprint density at radius 2 is 1.54 bits per heavy atom. The zero-order chi connectivity index (χ0) is 17.7. The predicted molar refractivity (Wildman–Crippen MR) is 102 cm³/mol. The Hall–Kier alpha value is -2.22. The average Bonchev–Trinajstić information content (AvgIpc) is 2.54. The lowest BCUT2D eigenvalue weighted by molar-refractivity contribution is 0.255. The van der Waals surface area contributed by atoms with Crippen LogP contribution in [0.5, 0.6) is 5.75 Å². The Morgan fingerprint density at radius 1 is 0.917 bits per heavy atom. The van der Waals surface area contributed by atoms with Crippen molar-refractivity contribution in [3.05, 3.63) is 77.5 Å². The van der Waals surface area contributed by atoms with Crippen molar-refractivity contribution >= 4 is 0 Å². The van der Waals surface area contributed by atoms with Crippen molar-refractivity contribution < 1.29 is 5.11 Å². The standard InChI is InChI=1S/C22H29NO/c1-16(2)23(17(3)4)14-13-20(19-9-7-6-8-10-19)21-15-18(5)11-12-22(21)24/h6-17,20,24H,1-5H3/b14-13+. The maximum Gasteiger partial charge on any atom is 0.119 e. The van der Waals surface area contributed by atoms with E-state index in [1.54, 1.807) is 6.07 Å². The minimum Gasteiger partial charge on any atom is -0.508 e. The van der Waals surface area contributed by atoms with Gasteiger partial charge in [-0.05, 0) is 52.4 Å². The molecular weight excluding hydrogens is 294 g/mol. The van der Waals surface area contributed by atoms with Crippen LogP contribution in [0.3, 0.4) is 0 Å². The SMILES string of the molecule is Cc1ccc(O)c(C(/C=C/N(C(C)C)C(C)C)c2ccccc2)c1. The Bertz CT molecular complexity index is 666. The molecule has 24 heavy (non-hydrogen) atoms. The smallest absolute Gasteiger partial charge is 0.119 e. The quantitative estimate of drug-likeness (QED) is 0.762. The molecule has 0 aliphatic heterocycles. The molecule has 0 aliphatic carbocycles. The summed E-state index contributed by atoms with van der Waals surface area (Å²) in [6.45, 7) is 10.9. The van der Waals surface area contributed by atoms with Gasteiger partial charge in [0.15, 0.2) is 0 Å². The van der Waals surface area contributed by atoms with Crippen LogP contribution in [-0.2, 0) is 0 Å². The molecule has 0 bridgehead atoms. The zero-order valence-corrected chi connectivity index (χ0v) is 15.4. The number of allylic oxidation sites excluding steroid dienone is 1. The lowest BCUT2D eigenvalue weighted by atomic mass is 9.89. The van der Waals surface area contributed by atoms with Crippen LogP contribution >= 0.6 is 0 Å². The summed E-state index contributed by atoms with van der Waals surface area (Å²) in [5.41, 5.74) is 3.29. The lowest BCUT2D eigenvalue weighted by Gasteiger charge is -2.30. The van der Waals surface area contributed by atoms with Gasteiger partial charge in [-0.25, -0.2) is 0 Å². The van der Waals surface area contributed by atoms with Crippen molar-refractivity contribution in [3.8, 4) is 5.75 Å².